The van der Waals surface area contributed by atoms with E-state index in [0.29, 0.717) is 90.6 Å². The number of sulfone groups is 1. The number of fused-ring (bicyclic) bond motifs is 4. The molecule has 19 rings (SSSR count). The third-order valence-corrected chi connectivity index (χ3v) is 28.9. The minimum absolute atomic E-state index is 0.0446. The summed E-state index contributed by atoms with van der Waals surface area (Å²) in [4.78, 5) is 94.2. The van der Waals surface area contributed by atoms with Crippen LogP contribution in [0, 0.1) is 6.92 Å². The van der Waals surface area contributed by atoms with Gasteiger partial charge in [-0.3, -0.25) is 37.2 Å². The van der Waals surface area contributed by atoms with E-state index in [1.165, 1.54) is 64.9 Å². The Morgan fingerprint density at radius 2 is 1.25 bits per heavy atom. The predicted molar refractivity (Wildman–Crippen MR) is 505 cm³/mol. The molecule has 4 saturated heterocycles. The first-order valence-corrected chi connectivity index (χ1v) is 48.4. The summed E-state index contributed by atoms with van der Waals surface area (Å²) in [6.07, 6.45) is 20.0. The van der Waals surface area contributed by atoms with Crippen LogP contribution in [0.2, 0.25) is 5.02 Å². The van der Waals surface area contributed by atoms with Crippen LogP contribution in [-0.2, 0) is 62.1 Å². The van der Waals surface area contributed by atoms with Crippen LogP contribution in [0.4, 0.5) is 52.0 Å². The molecule has 0 radical (unpaired) electrons. The molecule has 4 aromatic carbocycles. The molecule has 0 spiro atoms. The normalized spacial score (nSPS) is 16.0. The number of para-hydroxylation sites is 1. The van der Waals surface area contributed by atoms with Crippen molar-refractivity contribution in [2.24, 2.45) is 7.05 Å². The molecular formula is C91H101ClN24O12S3. The zero-order valence-corrected chi connectivity index (χ0v) is 77.0. The molecule has 5 aliphatic rings. The number of methoxy groups -OCH3 is 1. The Labute approximate surface area is 762 Å². The summed E-state index contributed by atoms with van der Waals surface area (Å²) >= 11 is 6.64. The third kappa shape index (κ3) is 19.9. The van der Waals surface area contributed by atoms with Crippen LogP contribution in [0.25, 0.3) is 50.1 Å². The first-order valence-electron chi connectivity index (χ1n) is 43.3. The zero-order chi connectivity index (χ0) is 91.4. The van der Waals surface area contributed by atoms with E-state index in [9.17, 15) is 35.4 Å². The molecule has 36 nitrogen and oxygen atoms in total. The van der Waals surface area contributed by atoms with Crippen LogP contribution in [0.1, 0.15) is 81.0 Å². The van der Waals surface area contributed by atoms with Gasteiger partial charge in [-0.1, -0.05) is 40.5 Å². The summed E-state index contributed by atoms with van der Waals surface area (Å²) in [5.41, 5.74) is 10.3. The minimum atomic E-state index is -3.80. The van der Waals surface area contributed by atoms with Crippen LogP contribution in [0.3, 0.4) is 0 Å². The maximum Gasteiger partial charge on any atom is 0.295 e. The number of anilines is 9. The van der Waals surface area contributed by atoms with Gasteiger partial charge >= 0.3 is 0 Å². The molecule has 4 N–H and O–H groups in total. The van der Waals surface area contributed by atoms with E-state index in [2.05, 4.69) is 129 Å². The number of ether oxygens (including phenoxy) is 2. The minimum Gasteiger partial charge on any atom is -0.451 e. The molecule has 0 bridgehead atoms. The Morgan fingerprint density at radius 3 is 1.88 bits per heavy atom. The molecule has 4 aliphatic heterocycles. The number of likely N-dealkylation sites (N-methyl/N-ethyl adjacent to an activating group) is 1. The molecule has 682 valence electrons. The second-order valence-corrected chi connectivity index (χ2v) is 39.5. The fourth-order valence-electron chi connectivity index (χ4n) is 16.9. The average Bonchev–Trinajstić information content (AvgIpc) is 1.71. The van der Waals surface area contributed by atoms with Crippen molar-refractivity contribution in [2.45, 2.75) is 101 Å². The number of aryl methyl sites for hydroxylation is 2. The van der Waals surface area contributed by atoms with Crippen molar-refractivity contribution in [3.63, 3.8) is 0 Å². The molecule has 131 heavy (non-hydrogen) atoms. The van der Waals surface area contributed by atoms with Gasteiger partial charge in [0, 0.05) is 173 Å². The van der Waals surface area contributed by atoms with E-state index in [0.717, 1.165) is 141 Å². The summed E-state index contributed by atoms with van der Waals surface area (Å²) in [6.45, 7) is 19.2. The monoisotopic (exact) mass is 1850 g/mol. The maximum atomic E-state index is 14.1. The summed E-state index contributed by atoms with van der Waals surface area (Å²) in [5.74, 6) is 2.60. The molecule has 4 fully saturated rings. The van der Waals surface area contributed by atoms with Crippen molar-refractivity contribution < 1.29 is 39.5 Å². The highest BCUT2D eigenvalue weighted by Gasteiger charge is 2.33. The van der Waals surface area contributed by atoms with Gasteiger partial charge in [-0.15, -0.1) is 0 Å². The fraction of sp³-hybridized carbons (Fsp3) is 0.352. The number of piperazine rings is 3. The van der Waals surface area contributed by atoms with Gasteiger partial charge in [-0.05, 0) is 176 Å². The predicted octanol–water partition coefficient (Wildman–Crippen LogP) is 11.2. The van der Waals surface area contributed by atoms with Crippen LogP contribution in [-0.4, -0.2) is 226 Å². The quantitative estimate of drug-likeness (QED) is 0.0391. The number of benzene rings is 4. The maximum absolute atomic E-state index is 14.1. The number of hydrogen-bond acceptors (Lipinski definition) is 31. The molecule has 0 saturated carbocycles. The van der Waals surface area contributed by atoms with Gasteiger partial charge in [0.25, 0.3) is 21.8 Å². The Bertz CT molecular complexity index is 7060. The number of nitrogens with zero attached hydrogens (tertiary/aromatic N) is 20. The Balaban J connectivity index is 0.000000138. The summed E-state index contributed by atoms with van der Waals surface area (Å²) < 4.78 is 92.8. The number of hydrogen-bond donors (Lipinski definition) is 4. The Hall–Kier alpha value is -12.9. The van der Waals surface area contributed by atoms with Crippen LogP contribution in [0.15, 0.2) is 204 Å². The Morgan fingerprint density at radius 1 is 0.634 bits per heavy atom. The van der Waals surface area contributed by atoms with Gasteiger partial charge in [-0.25, -0.2) is 50.7 Å². The van der Waals surface area contributed by atoms with E-state index in [1.54, 1.807) is 86.3 Å². The molecule has 14 heterocycles. The van der Waals surface area contributed by atoms with Crippen LogP contribution in [0.5, 0.6) is 11.5 Å². The number of allylic oxidation sites excluding steroid dienone is 2. The molecule has 14 aromatic rings. The van der Waals surface area contributed by atoms with Crippen molar-refractivity contribution >= 4 is 133 Å². The number of pyridine rings is 3. The topological polar surface area (TPSA) is 399 Å². The van der Waals surface area contributed by atoms with Gasteiger partial charge in [0.2, 0.25) is 37.7 Å². The molecular weight excluding hydrogens is 1750 g/mol. The van der Waals surface area contributed by atoms with Crippen molar-refractivity contribution in [1.82, 2.24) is 87.4 Å². The van der Waals surface area contributed by atoms with Crippen molar-refractivity contribution in [2.75, 3.05) is 142 Å². The van der Waals surface area contributed by atoms with Gasteiger partial charge in [0.05, 0.1) is 94.2 Å². The smallest absolute Gasteiger partial charge is 0.295 e. The lowest BCUT2D eigenvalue weighted by Gasteiger charge is -2.38. The van der Waals surface area contributed by atoms with Gasteiger partial charge < -0.3 is 63.8 Å². The SMILES string of the molecule is CC(C)S(=O)(=O)c1oncc1Cn1c(=O)c(-c2nccn2C)cc2cnc(Nc3ccc(N4CCNCC4)c(Cl)c3)nc21.COCCS(=O)c1ncoc1Cn1c(=O)c(C2=C(C)CCC2)cc2cnc(Nc3ccc(N4CCN5CCCC5C4)cc3)nc21.Cc1ccccc1Oc1cc2cnc(Nc3ccc(N4CCN(C)CC4)cc3)nc2n(Cc2cncn2S(C)(=O)=O)c1=O. The van der Waals surface area contributed by atoms with Crippen LogP contribution < -0.4 is 57.4 Å². The molecule has 0 amide bonds. The van der Waals surface area contributed by atoms with Gasteiger partial charge in [0.15, 0.2) is 22.9 Å². The number of oxazole rings is 1. The van der Waals surface area contributed by atoms with Crippen molar-refractivity contribution in [3.05, 3.63) is 235 Å². The second-order valence-electron chi connectivity index (χ2n) is 33.3. The highest BCUT2D eigenvalue weighted by atomic mass is 35.5. The first-order chi connectivity index (χ1) is 63.3. The van der Waals surface area contributed by atoms with Crippen molar-refractivity contribution in [3.8, 4) is 22.9 Å². The fourth-order valence-corrected chi connectivity index (χ4v) is 20.1. The number of aromatic nitrogens is 15. The lowest BCUT2D eigenvalue weighted by molar-refractivity contribution is 0.218. The number of halogens is 1. The number of rotatable bonds is 26. The highest BCUT2D eigenvalue weighted by molar-refractivity contribution is 7.92. The molecule has 1 aliphatic carbocycles. The largest absolute Gasteiger partial charge is 0.451 e. The van der Waals surface area contributed by atoms with Gasteiger partial charge in [-0.2, -0.15) is 15.0 Å². The number of nitrogens with one attached hydrogen (secondary N) is 4. The zero-order valence-electron chi connectivity index (χ0n) is 73.7. The molecule has 2 atom stereocenters. The van der Waals surface area contributed by atoms with E-state index >= 15 is 0 Å². The Kier molecular flexibility index (Phi) is 26.8. The molecule has 10 aromatic heterocycles. The second kappa shape index (κ2) is 39.0. The third-order valence-electron chi connectivity index (χ3n) is 24.1. The number of imidazole rings is 2. The van der Waals surface area contributed by atoms with E-state index in [1.807, 2.05) is 73.7 Å². The molecule has 40 heteroatoms. The highest BCUT2D eigenvalue weighted by Crippen LogP contribution is 2.37. The van der Waals surface area contributed by atoms with E-state index in [-0.39, 0.29) is 64.9 Å². The average molecular weight is 1850 g/mol. The van der Waals surface area contributed by atoms with Crippen LogP contribution >= 0.6 is 11.6 Å². The summed E-state index contributed by atoms with van der Waals surface area (Å²) in [6, 6.07) is 35.3. The van der Waals surface area contributed by atoms with Gasteiger partial charge in [0.1, 0.15) is 34.8 Å². The van der Waals surface area contributed by atoms with E-state index < -0.39 is 47.0 Å². The summed E-state index contributed by atoms with van der Waals surface area (Å²) in [5, 5.41) is 18.5. The van der Waals surface area contributed by atoms with Crippen molar-refractivity contribution in [1.29, 1.82) is 0 Å². The lowest BCUT2D eigenvalue weighted by Crippen LogP contribution is -2.50. The molecule has 2 unspecified atom stereocenters. The summed E-state index contributed by atoms with van der Waals surface area (Å²) in [7, 11) is -3.40. The first kappa shape index (κ1) is 90.1. The lowest BCUT2D eigenvalue weighted by atomic mass is 10.0. The standard InChI is InChI=1S/C33H39N7O4S.C30H32N8O4S.C28H30ClN9O4S/c1-22-5-3-7-27(22)28-17-23-18-34-33(36-24-8-10-25(11-9-24)39-14-13-38-12-4-6-26(38)19-39)37-30(23)40(32(28)41)20-29-31(35-21-44-29)45(42)16-15-43-2;1-21-6-4-5-7-26(21)42-27-16-22-17-32-30(33-23-8-10-24(11-9-23)36-14-12-35(2)13-15-36)34-28(22)37(29(27)39)19-25-18-31-20-38(25)43(3,40)41;1-17(2)43(40,41)27-19(15-33-42-27)16-38-24-18(12-21(26(38)39)25-31-8-9-36(25)3)14-32-28(35-24)34-20-4-5-23(22(29)13-20)37-10-6-30-7-11-37/h8-11,17-18,21,26H,3-7,12-16,19-20H2,1-2H3,(H,34,36,37);4-11,16-18,20H,12-15,19H2,1-3H3,(H,32,33,34);4-5,8-9,12-15,17,30H,6-7,10-11,16H2,1-3H3,(H,32,34,35). The van der Waals surface area contributed by atoms with E-state index in [4.69, 9.17) is 35.0 Å².